The van der Waals surface area contributed by atoms with Crippen LogP contribution >= 0.6 is 0 Å². The monoisotopic (exact) mass is 931 g/mol. The summed E-state index contributed by atoms with van der Waals surface area (Å²) in [5, 5.41) is 27.7. The summed E-state index contributed by atoms with van der Waals surface area (Å²) in [6.07, 6.45) is -9.54. The van der Waals surface area contributed by atoms with Crippen LogP contribution < -0.4 is 43.8 Å². The van der Waals surface area contributed by atoms with Gasteiger partial charge >= 0.3 is 36.4 Å². The van der Waals surface area contributed by atoms with E-state index in [1.165, 1.54) is 0 Å². The Kier molecular flexibility index (Phi) is 26.0. The summed E-state index contributed by atoms with van der Waals surface area (Å²) in [7, 11) is 0. The predicted octanol–water partition coefficient (Wildman–Crippen LogP) is 2.44. The van der Waals surface area contributed by atoms with Crippen molar-refractivity contribution >= 4 is 41.8 Å². The van der Waals surface area contributed by atoms with Gasteiger partial charge in [0.05, 0.1) is 32.3 Å². The van der Waals surface area contributed by atoms with Crippen molar-refractivity contribution in [3.8, 4) is 0 Å². The van der Waals surface area contributed by atoms with Crippen LogP contribution in [0.5, 0.6) is 0 Å². The number of amides is 6. The Morgan fingerprint density at radius 2 is 1.11 bits per heavy atom. The molecular weight excluding hydrogens is 880 g/mol. The number of rotatable bonds is 21. The first-order chi connectivity index (χ1) is 30.6. The highest BCUT2D eigenvalue weighted by Crippen LogP contribution is 2.25. The number of guanidine groups is 1. The zero-order valence-electron chi connectivity index (χ0n) is 34.6. The first-order valence-corrected chi connectivity index (χ1v) is 19.2. The van der Waals surface area contributed by atoms with E-state index in [1.807, 2.05) is 84.9 Å². The fourth-order valence-corrected chi connectivity index (χ4v) is 4.92. The molecule has 0 fully saturated rings. The van der Waals surface area contributed by atoms with Gasteiger partial charge in [0.15, 0.2) is 5.96 Å². The van der Waals surface area contributed by atoms with E-state index in [2.05, 4.69) is 31.6 Å². The van der Waals surface area contributed by atoms with Crippen LogP contribution in [-0.4, -0.2) is 116 Å². The minimum atomic E-state index is -5.08. The maximum absolute atomic E-state index is 13.9. The molecular formula is C40H51F6N9O10. The molecule has 0 spiro atoms. The second kappa shape index (κ2) is 30.2. The third-order valence-corrected chi connectivity index (χ3v) is 7.94. The maximum atomic E-state index is 13.9. The largest absolute Gasteiger partial charge is 0.490 e. The smallest absolute Gasteiger partial charge is 0.475 e. The van der Waals surface area contributed by atoms with E-state index in [0.29, 0.717) is 39.4 Å². The molecule has 3 rings (SSSR count). The molecule has 0 unspecified atom stereocenters. The van der Waals surface area contributed by atoms with E-state index < -0.39 is 48.3 Å². The van der Waals surface area contributed by atoms with E-state index in [9.17, 15) is 45.5 Å². The summed E-state index contributed by atoms with van der Waals surface area (Å²) in [5.41, 5.74) is 19.7. The van der Waals surface area contributed by atoms with Gasteiger partial charge in [-0.1, -0.05) is 84.9 Å². The number of ether oxygens (including phenoxy) is 2. The summed E-state index contributed by atoms with van der Waals surface area (Å²) >= 11 is 0. The first kappa shape index (κ1) is 56.0. The number of carboxylic acid groups (broad SMARTS) is 2. The van der Waals surface area contributed by atoms with Crippen LogP contribution in [0, 0.1) is 0 Å². The highest BCUT2D eigenvalue weighted by molar-refractivity contribution is 5.95. The van der Waals surface area contributed by atoms with Gasteiger partial charge in [0.25, 0.3) is 0 Å². The highest BCUT2D eigenvalue weighted by atomic mass is 19.4. The molecule has 0 aliphatic carbocycles. The molecule has 13 N–H and O–H groups in total. The molecule has 0 bridgehead atoms. The molecule has 0 aromatic heterocycles. The number of hydrogen-bond acceptors (Lipinski definition) is 10. The van der Waals surface area contributed by atoms with Crippen LogP contribution in [0.1, 0.15) is 41.0 Å². The predicted molar refractivity (Wildman–Crippen MR) is 222 cm³/mol. The van der Waals surface area contributed by atoms with Crippen LogP contribution in [-0.2, 0) is 41.7 Å². The lowest BCUT2D eigenvalue weighted by molar-refractivity contribution is -0.193. The molecule has 0 saturated heterocycles. The van der Waals surface area contributed by atoms with E-state index in [0.717, 1.165) is 22.3 Å². The Bertz CT molecular complexity index is 1880. The average Bonchev–Trinajstić information content (AvgIpc) is 3.25. The molecule has 0 saturated carbocycles. The van der Waals surface area contributed by atoms with Crippen LogP contribution in [0.3, 0.4) is 0 Å². The third-order valence-electron chi connectivity index (χ3n) is 7.94. The van der Waals surface area contributed by atoms with Crippen molar-refractivity contribution in [1.29, 1.82) is 0 Å². The number of nitrogens with one attached hydrogen (secondary N) is 5. The Hall–Kier alpha value is -6.99. The van der Waals surface area contributed by atoms with Gasteiger partial charge in [0.1, 0.15) is 6.04 Å². The van der Waals surface area contributed by atoms with Crippen molar-refractivity contribution in [2.45, 2.75) is 50.2 Å². The Morgan fingerprint density at radius 3 is 1.55 bits per heavy atom. The van der Waals surface area contributed by atoms with Crippen molar-refractivity contribution in [3.63, 3.8) is 0 Å². The number of alkyl halides is 6. The van der Waals surface area contributed by atoms with Gasteiger partial charge in [-0.25, -0.2) is 19.2 Å². The summed E-state index contributed by atoms with van der Waals surface area (Å²) in [5.74, 6) is -6.94. The molecule has 0 radical (unpaired) electrons. The van der Waals surface area contributed by atoms with Crippen molar-refractivity contribution in [3.05, 3.63) is 107 Å². The number of nitrogens with two attached hydrogens (primary N) is 3. The Morgan fingerprint density at radius 1 is 0.646 bits per heavy atom. The molecule has 6 amide bonds. The normalized spacial score (nSPS) is 11.7. The molecule has 25 heteroatoms. The number of carbonyl (C=O) groups excluding carboxylic acids is 4. The van der Waals surface area contributed by atoms with Gasteiger partial charge in [-0.2, -0.15) is 26.3 Å². The van der Waals surface area contributed by atoms with Crippen molar-refractivity contribution in [2.75, 3.05) is 46.1 Å². The Balaban J connectivity index is 0.00000130. The van der Waals surface area contributed by atoms with Gasteiger partial charge in [-0.3, -0.25) is 19.9 Å². The van der Waals surface area contributed by atoms with Crippen LogP contribution in [0.25, 0.3) is 0 Å². The number of hydrogen-bond donors (Lipinski definition) is 10. The lowest BCUT2D eigenvalue weighted by Gasteiger charge is -2.23. The molecule has 0 aliphatic rings. The SMILES string of the molecule is NCCOCCOCCNC(=O)NC(N)=NCCC[C@@H](NC(=O)C(c1ccccc1)c1ccccc1)C(=O)NCc1ccc(CNC(N)=O)cc1.O=C(O)C(F)(F)F.O=C(O)C(F)(F)F. The molecule has 3 aromatic carbocycles. The van der Waals surface area contributed by atoms with E-state index in [1.54, 1.807) is 0 Å². The van der Waals surface area contributed by atoms with E-state index >= 15 is 0 Å². The lowest BCUT2D eigenvalue weighted by atomic mass is 9.90. The maximum Gasteiger partial charge on any atom is 0.490 e. The summed E-state index contributed by atoms with van der Waals surface area (Å²) in [4.78, 5) is 72.6. The highest BCUT2D eigenvalue weighted by Gasteiger charge is 2.39. The summed E-state index contributed by atoms with van der Waals surface area (Å²) in [6, 6.07) is 24.0. The van der Waals surface area contributed by atoms with E-state index in [-0.39, 0.29) is 50.4 Å². The van der Waals surface area contributed by atoms with Gasteiger partial charge in [-0.15, -0.1) is 0 Å². The topological polar surface area (TPSA) is 312 Å². The minimum absolute atomic E-state index is 0.0867. The number of primary amides is 1. The molecule has 1 atom stereocenters. The van der Waals surface area contributed by atoms with Gasteiger partial charge < -0.3 is 58.2 Å². The fraction of sp³-hybridized carbons (Fsp3) is 0.375. The van der Waals surface area contributed by atoms with Gasteiger partial charge in [0, 0.05) is 32.7 Å². The number of aliphatic imine (C=N–C) groups is 1. The van der Waals surface area contributed by atoms with Crippen LogP contribution in [0.4, 0.5) is 35.9 Å². The van der Waals surface area contributed by atoms with Crippen molar-refractivity contribution in [1.82, 2.24) is 26.6 Å². The summed E-state index contributed by atoms with van der Waals surface area (Å²) in [6.45, 7) is 2.96. The molecule has 358 valence electrons. The average molecular weight is 932 g/mol. The fourth-order valence-electron chi connectivity index (χ4n) is 4.92. The standard InChI is InChI=1S/C36H49N9O6.2C2HF3O2/c37-17-20-50-22-23-51-21-19-41-36(49)45-34(38)40-18-7-12-30(32(46)42-24-26-13-15-27(16-14-26)25-43-35(39)48)44-33(47)31(28-8-3-1-4-9-28)29-10-5-2-6-11-29;2*3-2(4,5)1(6)7/h1-6,8-11,13-16,30-31H,7,12,17-25,37H2,(H,42,46)(H,44,47)(H3,39,43,48)(H4,38,40,41,45,49);2*(H,6,7)/t30-;;/m1../s1. The molecule has 19 nitrogen and oxygen atoms in total. The Labute approximate surface area is 368 Å². The number of carbonyl (C=O) groups is 6. The number of nitrogens with zero attached hydrogens (tertiary/aromatic N) is 1. The van der Waals surface area contributed by atoms with Crippen LogP contribution in [0.15, 0.2) is 89.9 Å². The zero-order valence-corrected chi connectivity index (χ0v) is 34.6. The number of benzene rings is 3. The third kappa shape index (κ3) is 25.7. The molecule has 0 heterocycles. The lowest BCUT2D eigenvalue weighted by Crippen LogP contribution is -2.48. The number of urea groups is 2. The minimum Gasteiger partial charge on any atom is -0.475 e. The number of halogens is 6. The molecule has 0 aliphatic heterocycles. The molecule has 3 aromatic rings. The second-order valence-corrected chi connectivity index (χ2v) is 13.0. The van der Waals surface area contributed by atoms with Gasteiger partial charge in [-0.05, 0) is 35.1 Å². The first-order valence-electron chi connectivity index (χ1n) is 19.2. The molecule has 65 heavy (non-hydrogen) atoms. The summed E-state index contributed by atoms with van der Waals surface area (Å²) < 4.78 is 74.0. The number of carboxylic acids is 2. The quantitative estimate of drug-likeness (QED) is 0.0319. The van der Waals surface area contributed by atoms with Crippen LogP contribution in [0.2, 0.25) is 0 Å². The number of aliphatic carboxylic acids is 2. The van der Waals surface area contributed by atoms with Crippen molar-refractivity contribution < 1.29 is 74.8 Å². The van der Waals surface area contributed by atoms with Gasteiger partial charge in [0.2, 0.25) is 11.8 Å². The van der Waals surface area contributed by atoms with Crippen molar-refractivity contribution in [2.24, 2.45) is 22.2 Å². The second-order valence-electron chi connectivity index (χ2n) is 13.0. The van der Waals surface area contributed by atoms with E-state index in [4.69, 9.17) is 46.5 Å². The zero-order chi connectivity index (χ0) is 48.8.